The normalized spacial score (nSPS) is 20.2. The van der Waals surface area contributed by atoms with E-state index in [-0.39, 0.29) is 17.6 Å². The van der Waals surface area contributed by atoms with Gasteiger partial charge in [-0.05, 0) is 43.5 Å². The fourth-order valence-electron chi connectivity index (χ4n) is 3.87. The fraction of sp³-hybridized carbons (Fsp3) is 0.444. The number of hydrogen-bond acceptors (Lipinski definition) is 4. The minimum absolute atomic E-state index is 0.0912. The van der Waals surface area contributed by atoms with Gasteiger partial charge in [-0.15, -0.1) is 10.2 Å². The minimum atomic E-state index is -0.853. The number of carbonyl (C=O) groups is 2. The quantitative estimate of drug-likeness (QED) is 0.907. The number of nitrogens with zero attached hydrogens (tertiary/aromatic N) is 4. The molecule has 1 aromatic carbocycles. The van der Waals surface area contributed by atoms with E-state index in [2.05, 4.69) is 10.2 Å². The largest absolute Gasteiger partial charge is 0.480 e. The molecule has 1 atom stereocenters. The summed E-state index contributed by atoms with van der Waals surface area (Å²) in [5.74, 6) is 0.213. The number of aromatic nitrogens is 3. The molecule has 0 bridgehead atoms. The summed E-state index contributed by atoms with van der Waals surface area (Å²) >= 11 is 0. The van der Waals surface area contributed by atoms with Gasteiger partial charge in [0.25, 0.3) is 5.91 Å². The second kappa shape index (κ2) is 6.51. The number of aryl methyl sites for hydroxylation is 1. The van der Waals surface area contributed by atoms with Gasteiger partial charge in [-0.25, -0.2) is 9.18 Å². The number of carboxylic acid groups (broad SMARTS) is 1. The van der Waals surface area contributed by atoms with Crippen molar-refractivity contribution in [3.63, 3.8) is 0 Å². The first-order valence-corrected chi connectivity index (χ1v) is 8.76. The highest BCUT2D eigenvalue weighted by Crippen LogP contribution is 2.34. The molecule has 1 fully saturated rings. The van der Waals surface area contributed by atoms with Gasteiger partial charge in [0.15, 0.2) is 0 Å². The molecular weight excluding hydrogens is 339 g/mol. The number of aliphatic carboxylic acids is 1. The molecule has 2 aliphatic heterocycles. The van der Waals surface area contributed by atoms with Crippen molar-refractivity contribution in [2.24, 2.45) is 0 Å². The summed E-state index contributed by atoms with van der Waals surface area (Å²) in [6, 6.07) is 4.96. The van der Waals surface area contributed by atoms with Gasteiger partial charge < -0.3 is 14.6 Å². The van der Waals surface area contributed by atoms with Crippen LogP contribution in [-0.4, -0.2) is 49.7 Å². The topological polar surface area (TPSA) is 88.3 Å². The summed E-state index contributed by atoms with van der Waals surface area (Å²) in [7, 11) is 0. The predicted molar refractivity (Wildman–Crippen MR) is 89.3 cm³/mol. The standard InChI is InChI=1S/C18H19FN4O3/c19-13-3-1-12(2-4-13)17(24)22-9-7-11(8-10-22)16-21-20-15-6-5-14(18(25)26)23(15)16/h1-4,11,14H,5-10H2,(H,25,26). The molecule has 2 aromatic rings. The zero-order chi connectivity index (χ0) is 18.3. The Morgan fingerprint density at radius 2 is 1.77 bits per heavy atom. The van der Waals surface area contributed by atoms with Crippen LogP contribution in [-0.2, 0) is 11.2 Å². The first-order chi connectivity index (χ1) is 12.5. The van der Waals surface area contributed by atoms with Crippen molar-refractivity contribution in [3.8, 4) is 0 Å². The van der Waals surface area contributed by atoms with Gasteiger partial charge in [-0.2, -0.15) is 0 Å². The number of fused-ring (bicyclic) bond motifs is 1. The third-order valence-electron chi connectivity index (χ3n) is 5.27. The lowest BCUT2D eigenvalue weighted by Gasteiger charge is -2.32. The number of carbonyl (C=O) groups excluding carboxylic acids is 1. The van der Waals surface area contributed by atoms with Crippen molar-refractivity contribution >= 4 is 11.9 Å². The molecule has 0 spiro atoms. The molecule has 0 saturated carbocycles. The highest BCUT2D eigenvalue weighted by atomic mass is 19.1. The van der Waals surface area contributed by atoms with E-state index in [1.165, 1.54) is 24.3 Å². The average molecular weight is 358 g/mol. The van der Waals surface area contributed by atoms with Crippen molar-refractivity contribution in [1.82, 2.24) is 19.7 Å². The summed E-state index contributed by atoms with van der Waals surface area (Å²) in [5.41, 5.74) is 0.471. The van der Waals surface area contributed by atoms with Gasteiger partial charge in [0, 0.05) is 31.0 Å². The van der Waals surface area contributed by atoms with Crippen molar-refractivity contribution in [3.05, 3.63) is 47.3 Å². The summed E-state index contributed by atoms with van der Waals surface area (Å²) in [6.45, 7) is 1.11. The van der Waals surface area contributed by atoms with Crippen molar-refractivity contribution < 1.29 is 19.1 Å². The van der Waals surface area contributed by atoms with Crippen LogP contribution < -0.4 is 0 Å². The van der Waals surface area contributed by atoms with Crippen LogP contribution in [0.15, 0.2) is 24.3 Å². The van der Waals surface area contributed by atoms with Crippen LogP contribution in [0, 0.1) is 5.82 Å². The Kier molecular flexibility index (Phi) is 4.18. The van der Waals surface area contributed by atoms with E-state index in [1.807, 2.05) is 0 Å². The number of likely N-dealkylation sites (tertiary alicyclic amines) is 1. The third kappa shape index (κ3) is 2.85. The van der Waals surface area contributed by atoms with Gasteiger partial charge in [0.05, 0.1) is 0 Å². The van der Waals surface area contributed by atoms with E-state index in [0.29, 0.717) is 44.3 Å². The van der Waals surface area contributed by atoms with Gasteiger partial charge >= 0.3 is 5.97 Å². The molecule has 1 aromatic heterocycles. The van der Waals surface area contributed by atoms with Gasteiger partial charge in [-0.1, -0.05) is 0 Å². The van der Waals surface area contributed by atoms with Gasteiger partial charge in [0.1, 0.15) is 23.5 Å². The third-order valence-corrected chi connectivity index (χ3v) is 5.27. The summed E-state index contributed by atoms with van der Waals surface area (Å²) in [5, 5.41) is 17.8. The fourth-order valence-corrected chi connectivity index (χ4v) is 3.87. The van der Waals surface area contributed by atoms with Crippen molar-refractivity contribution in [2.45, 2.75) is 37.6 Å². The lowest BCUT2D eigenvalue weighted by Crippen LogP contribution is -2.38. The smallest absolute Gasteiger partial charge is 0.326 e. The molecule has 1 unspecified atom stereocenters. The zero-order valence-electron chi connectivity index (χ0n) is 14.1. The average Bonchev–Trinajstić information content (AvgIpc) is 3.24. The zero-order valence-corrected chi connectivity index (χ0v) is 14.1. The number of carboxylic acids is 1. The number of amides is 1. The molecule has 1 amide bonds. The summed E-state index contributed by atoms with van der Waals surface area (Å²) in [6.07, 6.45) is 2.59. The monoisotopic (exact) mass is 358 g/mol. The van der Waals surface area contributed by atoms with Gasteiger partial charge in [0.2, 0.25) is 0 Å². The van der Waals surface area contributed by atoms with Gasteiger partial charge in [-0.3, -0.25) is 4.79 Å². The molecule has 3 heterocycles. The SMILES string of the molecule is O=C(O)C1CCc2nnc(C3CCN(C(=O)c4ccc(F)cc4)CC3)n21. The Labute approximate surface area is 149 Å². The first kappa shape index (κ1) is 16.7. The molecule has 2 aliphatic rings. The maximum Gasteiger partial charge on any atom is 0.326 e. The molecule has 8 heteroatoms. The van der Waals surface area contributed by atoms with E-state index in [9.17, 15) is 19.1 Å². The lowest BCUT2D eigenvalue weighted by molar-refractivity contribution is -0.140. The van der Waals surface area contributed by atoms with Crippen LogP contribution in [0.4, 0.5) is 4.39 Å². The maximum absolute atomic E-state index is 13.0. The van der Waals surface area contributed by atoms with Crippen molar-refractivity contribution in [1.29, 1.82) is 0 Å². The van der Waals surface area contributed by atoms with E-state index >= 15 is 0 Å². The Bertz CT molecular complexity index is 841. The van der Waals surface area contributed by atoms with Crippen molar-refractivity contribution in [2.75, 3.05) is 13.1 Å². The second-order valence-corrected chi connectivity index (χ2v) is 6.81. The van der Waals surface area contributed by atoms with Crippen LogP contribution in [0.3, 0.4) is 0 Å². The van der Waals surface area contributed by atoms with E-state index in [0.717, 1.165) is 11.6 Å². The van der Waals surface area contributed by atoms with Crippen LogP contribution in [0.25, 0.3) is 0 Å². The second-order valence-electron chi connectivity index (χ2n) is 6.81. The Balaban J connectivity index is 1.46. The molecule has 1 N–H and O–H groups in total. The molecule has 136 valence electrons. The minimum Gasteiger partial charge on any atom is -0.480 e. The number of piperidine rings is 1. The Morgan fingerprint density at radius 3 is 2.42 bits per heavy atom. The number of hydrogen-bond donors (Lipinski definition) is 1. The number of rotatable bonds is 3. The number of benzene rings is 1. The highest BCUT2D eigenvalue weighted by molar-refractivity contribution is 5.94. The highest BCUT2D eigenvalue weighted by Gasteiger charge is 2.36. The maximum atomic E-state index is 13.0. The molecule has 1 saturated heterocycles. The first-order valence-electron chi connectivity index (χ1n) is 8.76. The molecule has 7 nitrogen and oxygen atoms in total. The van der Waals surface area contributed by atoms with Crippen LogP contribution in [0.5, 0.6) is 0 Å². The lowest BCUT2D eigenvalue weighted by atomic mass is 9.95. The molecule has 0 aliphatic carbocycles. The Morgan fingerprint density at radius 1 is 1.08 bits per heavy atom. The van der Waals surface area contributed by atoms with E-state index in [1.54, 1.807) is 9.47 Å². The Hall–Kier alpha value is -2.77. The molecular formula is C18H19FN4O3. The van der Waals surface area contributed by atoms with Crippen LogP contribution in [0.1, 0.15) is 53.2 Å². The molecule has 0 radical (unpaired) electrons. The van der Waals surface area contributed by atoms with Crippen LogP contribution in [0.2, 0.25) is 0 Å². The summed E-state index contributed by atoms with van der Waals surface area (Å²) < 4.78 is 14.8. The summed E-state index contributed by atoms with van der Waals surface area (Å²) in [4.78, 5) is 25.7. The van der Waals surface area contributed by atoms with E-state index in [4.69, 9.17) is 0 Å². The van der Waals surface area contributed by atoms with E-state index < -0.39 is 12.0 Å². The number of halogens is 1. The molecule has 26 heavy (non-hydrogen) atoms. The predicted octanol–water partition coefficient (Wildman–Crippen LogP) is 2.01. The molecule has 4 rings (SSSR count). The van der Waals surface area contributed by atoms with Crippen LogP contribution >= 0.6 is 0 Å².